The second kappa shape index (κ2) is 11.5. The maximum absolute atomic E-state index is 13.1. The molecule has 0 radical (unpaired) electrons. The molecule has 0 bridgehead atoms. The zero-order chi connectivity index (χ0) is 24.7. The topological polar surface area (TPSA) is 77.1 Å². The fourth-order valence-electron chi connectivity index (χ4n) is 4.03. The van der Waals surface area contributed by atoms with Gasteiger partial charge in [0.15, 0.2) is 0 Å². The summed E-state index contributed by atoms with van der Waals surface area (Å²) in [5.74, 6) is -0.177. The lowest BCUT2D eigenvalue weighted by atomic mass is 10.0. The van der Waals surface area contributed by atoms with Crippen LogP contribution in [0.1, 0.15) is 60.7 Å². The number of carbonyl (C=O) groups is 2. The summed E-state index contributed by atoms with van der Waals surface area (Å²) in [6, 6.07) is 15.3. The van der Waals surface area contributed by atoms with E-state index in [4.69, 9.17) is 14.3 Å². The highest BCUT2D eigenvalue weighted by Gasteiger charge is 2.32. The number of nitrogens with zero attached hydrogens (tertiary/aromatic N) is 1. The maximum atomic E-state index is 13.1. The van der Waals surface area contributed by atoms with Crippen LogP contribution in [-0.2, 0) is 20.9 Å². The van der Waals surface area contributed by atoms with E-state index in [2.05, 4.69) is 5.32 Å². The average molecular weight is 469 g/mol. The first-order chi connectivity index (χ1) is 16.1. The van der Waals surface area contributed by atoms with Crippen molar-refractivity contribution in [2.24, 2.45) is 0 Å². The van der Waals surface area contributed by atoms with E-state index >= 15 is 0 Å². The molecule has 1 N–H and O–H groups in total. The average Bonchev–Trinajstić information content (AvgIpc) is 2.92. The highest BCUT2D eigenvalue weighted by molar-refractivity contribution is 5.94. The third-order valence-corrected chi connectivity index (χ3v) is 5.45. The van der Waals surface area contributed by atoms with E-state index < -0.39 is 11.8 Å². The molecule has 1 saturated heterocycles. The monoisotopic (exact) mass is 468 g/mol. The zero-order valence-electron chi connectivity index (χ0n) is 20.8. The Morgan fingerprint density at radius 1 is 1.06 bits per heavy atom. The number of hydrogen-bond donors (Lipinski definition) is 1. The minimum Gasteiger partial charge on any atom is -0.427 e. The van der Waals surface area contributed by atoms with Crippen molar-refractivity contribution in [2.45, 2.75) is 71.8 Å². The van der Waals surface area contributed by atoms with Crippen LogP contribution in [0.5, 0.6) is 0 Å². The number of ether oxygens (including phenoxy) is 2. The molecule has 2 aromatic carbocycles. The normalized spacial score (nSPS) is 19.2. The molecule has 1 aliphatic rings. The van der Waals surface area contributed by atoms with Gasteiger partial charge in [-0.25, -0.2) is 4.79 Å². The first kappa shape index (κ1) is 25.7. The Labute approximate surface area is 202 Å². The number of rotatable bonds is 6. The number of carbonyl (C=O) groups excluding carboxylic acids is 2. The Morgan fingerprint density at radius 3 is 2.38 bits per heavy atom. The van der Waals surface area contributed by atoms with Crippen molar-refractivity contribution >= 4 is 12.1 Å². The van der Waals surface area contributed by atoms with Crippen LogP contribution in [0, 0.1) is 13.8 Å². The van der Waals surface area contributed by atoms with Crippen molar-refractivity contribution < 1.29 is 23.9 Å². The summed E-state index contributed by atoms with van der Waals surface area (Å²) in [5, 5.41) is 4.69. The lowest BCUT2D eigenvalue weighted by Gasteiger charge is -2.29. The van der Waals surface area contributed by atoms with Crippen LogP contribution < -0.4 is 5.32 Å². The van der Waals surface area contributed by atoms with Gasteiger partial charge in [0.25, 0.3) is 5.91 Å². The van der Waals surface area contributed by atoms with Crippen LogP contribution in [-0.4, -0.2) is 48.0 Å². The predicted octanol–water partition coefficient (Wildman–Crippen LogP) is 4.95. The van der Waals surface area contributed by atoms with Crippen LogP contribution in [0.15, 0.2) is 48.5 Å². The lowest BCUT2D eigenvalue weighted by molar-refractivity contribution is -0.145. The second-order valence-corrected chi connectivity index (χ2v) is 9.88. The van der Waals surface area contributed by atoms with Crippen molar-refractivity contribution in [1.82, 2.24) is 10.4 Å². The van der Waals surface area contributed by atoms with E-state index in [9.17, 15) is 9.59 Å². The van der Waals surface area contributed by atoms with Gasteiger partial charge < -0.3 is 19.6 Å². The Bertz CT molecular complexity index is 950. The molecule has 1 heterocycles. The number of nitrogens with one attached hydrogen (secondary N) is 1. The summed E-state index contributed by atoms with van der Waals surface area (Å²) in [4.78, 5) is 30.9. The maximum Gasteiger partial charge on any atom is 0.528 e. The van der Waals surface area contributed by atoms with Crippen LogP contribution in [0.3, 0.4) is 0 Å². The van der Waals surface area contributed by atoms with Gasteiger partial charge >= 0.3 is 6.16 Å². The van der Waals surface area contributed by atoms with E-state index in [0.717, 1.165) is 29.5 Å². The molecule has 1 fully saturated rings. The third kappa shape index (κ3) is 8.15. The van der Waals surface area contributed by atoms with Gasteiger partial charge in [-0.1, -0.05) is 47.5 Å². The quantitative estimate of drug-likeness (QED) is 0.605. The van der Waals surface area contributed by atoms with Crippen LogP contribution in [0.4, 0.5) is 4.79 Å². The standard InChI is InChI=1S/C27H36N2O5/c1-19-14-20(2)16-22(15-19)25(30)28-23-17-29(34-26(31)33-27(3,4)5)13-9-12-24(23)32-18-21-10-7-6-8-11-21/h6-8,10-11,14-16,23-24H,9,12-13,17-18H2,1-5H3,(H,28,30)/t23-,24-/m1/s1. The van der Waals surface area contributed by atoms with Crippen molar-refractivity contribution in [1.29, 1.82) is 0 Å². The zero-order valence-corrected chi connectivity index (χ0v) is 20.8. The molecule has 34 heavy (non-hydrogen) atoms. The van der Waals surface area contributed by atoms with Gasteiger partial charge in [-0.2, -0.15) is 0 Å². The van der Waals surface area contributed by atoms with Gasteiger partial charge in [0.1, 0.15) is 5.60 Å². The van der Waals surface area contributed by atoms with Gasteiger partial charge in [0, 0.05) is 12.1 Å². The minimum absolute atomic E-state index is 0.177. The fraction of sp³-hybridized carbons (Fsp3) is 0.481. The molecule has 1 amide bonds. The van der Waals surface area contributed by atoms with Crippen molar-refractivity contribution in [3.05, 3.63) is 70.8 Å². The Morgan fingerprint density at radius 2 is 1.74 bits per heavy atom. The Balaban J connectivity index is 1.74. The van der Waals surface area contributed by atoms with Crippen molar-refractivity contribution in [3.63, 3.8) is 0 Å². The molecular formula is C27H36N2O5. The van der Waals surface area contributed by atoms with E-state index in [1.165, 1.54) is 0 Å². The largest absolute Gasteiger partial charge is 0.528 e. The van der Waals surface area contributed by atoms with Gasteiger partial charge in [-0.05, 0) is 65.2 Å². The highest BCUT2D eigenvalue weighted by Crippen LogP contribution is 2.19. The summed E-state index contributed by atoms with van der Waals surface area (Å²) in [6.45, 7) is 10.6. The van der Waals surface area contributed by atoms with Gasteiger partial charge in [0.2, 0.25) is 0 Å². The van der Waals surface area contributed by atoms with Gasteiger partial charge in [-0.15, -0.1) is 5.06 Å². The highest BCUT2D eigenvalue weighted by atomic mass is 16.8. The number of amides is 1. The molecule has 0 saturated carbocycles. The first-order valence-corrected chi connectivity index (χ1v) is 11.8. The number of aryl methyl sites for hydroxylation is 2. The molecule has 0 aliphatic carbocycles. The van der Waals surface area contributed by atoms with Crippen LogP contribution in [0.2, 0.25) is 0 Å². The van der Waals surface area contributed by atoms with Crippen molar-refractivity contribution in [2.75, 3.05) is 13.1 Å². The van der Waals surface area contributed by atoms with E-state index in [1.54, 1.807) is 25.8 Å². The molecule has 7 heteroatoms. The second-order valence-electron chi connectivity index (χ2n) is 9.88. The van der Waals surface area contributed by atoms with Crippen LogP contribution in [0.25, 0.3) is 0 Å². The minimum atomic E-state index is -0.754. The Kier molecular flexibility index (Phi) is 8.69. The molecule has 0 unspecified atom stereocenters. The molecule has 7 nitrogen and oxygen atoms in total. The third-order valence-electron chi connectivity index (χ3n) is 5.45. The molecule has 2 aromatic rings. The molecule has 184 valence electrons. The fourth-order valence-corrected chi connectivity index (χ4v) is 4.03. The molecule has 2 atom stereocenters. The molecule has 1 aliphatic heterocycles. The van der Waals surface area contributed by atoms with Crippen molar-refractivity contribution in [3.8, 4) is 0 Å². The van der Waals surface area contributed by atoms with Gasteiger partial charge in [-0.3, -0.25) is 4.79 Å². The first-order valence-electron chi connectivity index (χ1n) is 11.8. The molecule has 0 spiro atoms. The smallest absolute Gasteiger partial charge is 0.427 e. The van der Waals surface area contributed by atoms with E-state index in [0.29, 0.717) is 25.3 Å². The van der Waals surface area contributed by atoms with Gasteiger partial charge in [0.05, 0.1) is 25.3 Å². The molecular weight excluding hydrogens is 432 g/mol. The molecule has 0 aromatic heterocycles. The number of benzene rings is 2. The summed E-state index contributed by atoms with van der Waals surface area (Å²) in [6.07, 6.45) is 0.481. The predicted molar refractivity (Wildman–Crippen MR) is 130 cm³/mol. The summed E-state index contributed by atoms with van der Waals surface area (Å²) < 4.78 is 11.6. The number of hydroxylamine groups is 2. The van der Waals surface area contributed by atoms with E-state index in [1.807, 2.05) is 62.4 Å². The Hall–Kier alpha value is -2.90. The lowest BCUT2D eigenvalue weighted by Crippen LogP contribution is -2.50. The summed E-state index contributed by atoms with van der Waals surface area (Å²) in [7, 11) is 0. The summed E-state index contributed by atoms with van der Waals surface area (Å²) in [5.41, 5.74) is 3.06. The SMILES string of the molecule is Cc1cc(C)cc(C(=O)N[C@@H]2CN(OC(=O)OC(C)(C)C)CCC[C@H]2OCc2ccccc2)c1. The van der Waals surface area contributed by atoms with Crippen LogP contribution >= 0.6 is 0 Å². The van der Waals surface area contributed by atoms with E-state index in [-0.39, 0.29) is 18.1 Å². The number of hydrogen-bond acceptors (Lipinski definition) is 6. The molecule has 3 rings (SSSR count). The summed E-state index contributed by atoms with van der Waals surface area (Å²) >= 11 is 0.